The predicted octanol–water partition coefficient (Wildman–Crippen LogP) is 6.72. The Hall–Kier alpha value is -3.34. The summed E-state index contributed by atoms with van der Waals surface area (Å²) in [6, 6.07) is 16.1. The molecule has 0 spiro atoms. The van der Waals surface area contributed by atoms with Crippen molar-refractivity contribution in [1.82, 2.24) is 14.8 Å². The molecule has 0 saturated heterocycles. The van der Waals surface area contributed by atoms with E-state index in [1.807, 2.05) is 0 Å². The molecule has 4 rings (SSSR count). The predicted molar refractivity (Wildman–Crippen MR) is 140 cm³/mol. The Bertz CT molecular complexity index is 1420. The van der Waals surface area contributed by atoms with Gasteiger partial charge in [-0.2, -0.15) is 0 Å². The second-order valence-electron chi connectivity index (χ2n) is 7.90. The third kappa shape index (κ3) is 6.51. The lowest BCUT2D eigenvalue weighted by atomic mass is 10.1. The summed E-state index contributed by atoms with van der Waals surface area (Å²) in [5.41, 5.74) is 2.03. The first-order chi connectivity index (χ1) is 17.7. The molecule has 3 aromatic carbocycles. The summed E-state index contributed by atoms with van der Waals surface area (Å²) in [4.78, 5) is 11.2. The summed E-state index contributed by atoms with van der Waals surface area (Å²) in [7, 11) is 1.49. The highest BCUT2D eigenvalue weighted by molar-refractivity contribution is 7.99. The van der Waals surface area contributed by atoms with Crippen LogP contribution in [0.2, 0.25) is 10.0 Å². The van der Waals surface area contributed by atoms with E-state index in [0.717, 1.165) is 5.56 Å². The van der Waals surface area contributed by atoms with Gasteiger partial charge in [0.05, 0.1) is 7.11 Å². The SMILES string of the molecule is COc1cc([C@@H](C[N+](=O)[O-])Sc2nnc(C)n2-c2ccc(F)cc2)ccc1OCc1ccc(Cl)cc1Cl. The van der Waals surface area contributed by atoms with Crippen molar-refractivity contribution in [2.75, 3.05) is 13.7 Å². The van der Waals surface area contributed by atoms with Crippen LogP contribution in [-0.4, -0.2) is 33.3 Å². The molecule has 1 heterocycles. The van der Waals surface area contributed by atoms with Crippen molar-refractivity contribution in [3.05, 3.63) is 104 Å². The third-order valence-electron chi connectivity index (χ3n) is 5.40. The van der Waals surface area contributed by atoms with Crippen LogP contribution < -0.4 is 9.47 Å². The van der Waals surface area contributed by atoms with Crippen LogP contribution in [0.1, 0.15) is 22.2 Å². The maximum atomic E-state index is 13.4. The van der Waals surface area contributed by atoms with Crippen molar-refractivity contribution in [3.8, 4) is 17.2 Å². The van der Waals surface area contributed by atoms with Crippen molar-refractivity contribution in [3.63, 3.8) is 0 Å². The van der Waals surface area contributed by atoms with Gasteiger partial charge < -0.3 is 9.47 Å². The first-order valence-corrected chi connectivity index (χ1v) is 12.6. The largest absolute Gasteiger partial charge is 0.493 e. The first kappa shape index (κ1) is 26.7. The van der Waals surface area contributed by atoms with E-state index >= 15 is 0 Å². The number of thioether (sulfide) groups is 1. The lowest BCUT2D eigenvalue weighted by Gasteiger charge is -2.17. The van der Waals surface area contributed by atoms with Crippen LogP contribution in [0.5, 0.6) is 11.5 Å². The Morgan fingerprint density at radius 3 is 2.51 bits per heavy atom. The highest BCUT2D eigenvalue weighted by atomic mass is 35.5. The number of aromatic nitrogens is 3. The quantitative estimate of drug-likeness (QED) is 0.120. The number of aryl methyl sites for hydroxylation is 1. The summed E-state index contributed by atoms with van der Waals surface area (Å²) in [5.74, 6) is 1.05. The monoisotopic (exact) mass is 562 g/mol. The van der Waals surface area contributed by atoms with Crippen LogP contribution in [0, 0.1) is 22.9 Å². The van der Waals surface area contributed by atoms with E-state index in [2.05, 4.69) is 10.2 Å². The smallest absolute Gasteiger partial charge is 0.220 e. The zero-order valence-corrected chi connectivity index (χ0v) is 22.1. The molecular formula is C25H21Cl2FN4O4S. The van der Waals surface area contributed by atoms with Gasteiger partial charge in [-0.1, -0.05) is 47.1 Å². The van der Waals surface area contributed by atoms with Gasteiger partial charge in [0, 0.05) is 26.2 Å². The lowest BCUT2D eigenvalue weighted by Crippen LogP contribution is -2.11. The van der Waals surface area contributed by atoms with Crippen LogP contribution in [-0.2, 0) is 6.61 Å². The molecule has 0 aliphatic heterocycles. The van der Waals surface area contributed by atoms with Crippen molar-refractivity contribution >= 4 is 35.0 Å². The molecule has 37 heavy (non-hydrogen) atoms. The highest BCUT2D eigenvalue weighted by Gasteiger charge is 2.25. The molecule has 4 aromatic rings. The molecule has 0 fully saturated rings. The van der Waals surface area contributed by atoms with Crippen molar-refractivity contribution < 1.29 is 18.8 Å². The molecule has 1 aromatic heterocycles. The normalized spacial score (nSPS) is 11.8. The molecule has 0 aliphatic carbocycles. The number of hydrogen-bond acceptors (Lipinski definition) is 7. The fourth-order valence-electron chi connectivity index (χ4n) is 3.58. The number of nitrogens with zero attached hydrogens (tertiary/aromatic N) is 4. The number of nitro groups is 1. The van der Waals surface area contributed by atoms with Crippen molar-refractivity contribution in [2.45, 2.75) is 23.9 Å². The van der Waals surface area contributed by atoms with Crippen LogP contribution in [0.4, 0.5) is 4.39 Å². The van der Waals surface area contributed by atoms with Crippen LogP contribution in [0.25, 0.3) is 5.69 Å². The van der Waals surface area contributed by atoms with Gasteiger partial charge in [0.2, 0.25) is 6.54 Å². The number of hydrogen-bond donors (Lipinski definition) is 0. The molecule has 1 atom stereocenters. The summed E-state index contributed by atoms with van der Waals surface area (Å²) >= 11 is 13.4. The van der Waals surface area contributed by atoms with Crippen LogP contribution >= 0.6 is 35.0 Å². The fraction of sp³-hybridized carbons (Fsp3) is 0.200. The molecule has 0 unspecified atom stereocenters. The van der Waals surface area contributed by atoms with E-state index in [4.69, 9.17) is 32.7 Å². The summed E-state index contributed by atoms with van der Waals surface area (Å²) in [5, 5.41) is 20.7. The van der Waals surface area contributed by atoms with E-state index in [1.165, 1.54) is 31.0 Å². The van der Waals surface area contributed by atoms with Gasteiger partial charge in [-0.3, -0.25) is 14.7 Å². The number of benzene rings is 3. The van der Waals surface area contributed by atoms with Gasteiger partial charge in [0.1, 0.15) is 23.5 Å². The summed E-state index contributed by atoms with van der Waals surface area (Å²) in [6.45, 7) is 1.56. The molecule has 0 amide bonds. The Balaban J connectivity index is 1.60. The van der Waals surface area contributed by atoms with E-state index in [9.17, 15) is 14.5 Å². The second kappa shape index (κ2) is 11.8. The number of halogens is 3. The minimum absolute atomic E-state index is 0.179. The number of rotatable bonds is 10. The summed E-state index contributed by atoms with van der Waals surface area (Å²) < 4.78 is 26.6. The number of methoxy groups -OCH3 is 1. The Morgan fingerprint density at radius 1 is 1.08 bits per heavy atom. The zero-order valence-electron chi connectivity index (χ0n) is 19.7. The van der Waals surface area contributed by atoms with Gasteiger partial charge in [0.15, 0.2) is 16.7 Å². The van der Waals surface area contributed by atoms with E-state index < -0.39 is 5.25 Å². The average Bonchev–Trinajstić information content (AvgIpc) is 3.23. The minimum Gasteiger partial charge on any atom is -0.493 e. The molecule has 0 aliphatic rings. The maximum absolute atomic E-state index is 13.4. The molecule has 0 radical (unpaired) electrons. The van der Waals surface area contributed by atoms with Gasteiger partial charge in [0.25, 0.3) is 0 Å². The lowest BCUT2D eigenvalue weighted by molar-refractivity contribution is -0.479. The zero-order chi connectivity index (χ0) is 26.5. The fourth-order valence-corrected chi connectivity index (χ4v) is 5.21. The van der Waals surface area contributed by atoms with Gasteiger partial charge in [-0.05, 0) is 61.0 Å². The maximum Gasteiger partial charge on any atom is 0.220 e. The highest BCUT2D eigenvalue weighted by Crippen LogP contribution is 2.39. The molecular weight excluding hydrogens is 542 g/mol. The second-order valence-corrected chi connectivity index (χ2v) is 9.91. The van der Waals surface area contributed by atoms with E-state index in [-0.39, 0.29) is 23.9 Å². The Kier molecular flexibility index (Phi) is 8.52. The van der Waals surface area contributed by atoms with Gasteiger partial charge in [-0.25, -0.2) is 4.39 Å². The van der Waals surface area contributed by atoms with Crippen molar-refractivity contribution in [1.29, 1.82) is 0 Å². The summed E-state index contributed by atoms with van der Waals surface area (Å²) in [6.07, 6.45) is 0. The van der Waals surface area contributed by atoms with Crippen molar-refractivity contribution in [2.24, 2.45) is 0 Å². The van der Waals surface area contributed by atoms with E-state index in [0.29, 0.717) is 43.8 Å². The molecule has 0 N–H and O–H groups in total. The molecule has 192 valence electrons. The van der Waals surface area contributed by atoms with Crippen LogP contribution in [0.15, 0.2) is 65.8 Å². The Morgan fingerprint density at radius 2 is 1.84 bits per heavy atom. The van der Waals surface area contributed by atoms with E-state index in [1.54, 1.807) is 60.0 Å². The Labute approximate surface area is 226 Å². The molecule has 12 heteroatoms. The topological polar surface area (TPSA) is 92.3 Å². The molecule has 0 saturated carbocycles. The minimum atomic E-state index is -0.619. The first-order valence-electron chi connectivity index (χ1n) is 11.0. The van der Waals surface area contributed by atoms with Crippen LogP contribution in [0.3, 0.4) is 0 Å². The molecule has 0 bridgehead atoms. The average molecular weight is 563 g/mol. The molecule has 8 nitrogen and oxygen atoms in total. The standard InChI is InChI=1S/C25H21Cl2FN4O4S/c1-15-29-30-25(32(15)20-8-6-19(28)7-9-20)37-24(13-31(33)34)16-4-10-22(23(11-16)35-2)36-14-17-3-5-18(26)12-21(17)27/h3-12,24H,13-14H2,1-2H3/t24-/m1/s1. The number of ether oxygens (including phenoxy) is 2. The van der Waals surface area contributed by atoms with Gasteiger partial charge >= 0.3 is 0 Å². The third-order valence-corrected chi connectivity index (χ3v) is 7.17. The van der Waals surface area contributed by atoms with Gasteiger partial charge in [-0.15, -0.1) is 10.2 Å².